The molecule has 1 N–H and O–H groups in total. The van der Waals surface area contributed by atoms with Gasteiger partial charge in [-0.05, 0) is 59.0 Å². The SMILES string of the molecule is O=C(NCc1nnnn1-c1ccc(Cl)cc1)C1CC(=O)N(c2ccc(Cl)cc2)C1. The number of halogens is 2. The van der Waals surface area contributed by atoms with Crippen LogP contribution in [0, 0.1) is 5.92 Å². The van der Waals surface area contributed by atoms with Crippen molar-refractivity contribution in [2.24, 2.45) is 5.92 Å². The molecule has 1 unspecified atom stereocenters. The molecule has 10 heteroatoms. The van der Waals surface area contributed by atoms with Crippen LogP contribution in [0.3, 0.4) is 0 Å². The number of tetrazole rings is 1. The quantitative estimate of drug-likeness (QED) is 0.671. The Morgan fingerprint density at radius 3 is 2.31 bits per heavy atom. The number of hydrogen-bond donors (Lipinski definition) is 1. The van der Waals surface area contributed by atoms with E-state index in [4.69, 9.17) is 23.2 Å². The molecular weight excluding hydrogens is 415 g/mol. The molecule has 0 saturated carbocycles. The summed E-state index contributed by atoms with van der Waals surface area (Å²) in [6.07, 6.45) is 0.149. The summed E-state index contributed by atoms with van der Waals surface area (Å²) in [5, 5.41) is 15.6. The molecule has 29 heavy (non-hydrogen) atoms. The van der Waals surface area contributed by atoms with Crippen LogP contribution in [-0.2, 0) is 16.1 Å². The number of carbonyl (C=O) groups is 2. The van der Waals surface area contributed by atoms with Crippen LogP contribution in [0.5, 0.6) is 0 Å². The lowest BCUT2D eigenvalue weighted by Crippen LogP contribution is -2.33. The van der Waals surface area contributed by atoms with Gasteiger partial charge < -0.3 is 10.2 Å². The summed E-state index contributed by atoms with van der Waals surface area (Å²) < 4.78 is 1.52. The number of rotatable bonds is 5. The number of amides is 2. The normalized spacial score (nSPS) is 16.3. The molecule has 1 aliphatic heterocycles. The van der Waals surface area contributed by atoms with Crippen LogP contribution < -0.4 is 10.2 Å². The molecule has 0 radical (unpaired) electrons. The summed E-state index contributed by atoms with van der Waals surface area (Å²) in [7, 11) is 0. The second-order valence-corrected chi connectivity index (χ2v) is 7.46. The first-order valence-electron chi connectivity index (χ1n) is 8.88. The van der Waals surface area contributed by atoms with Gasteiger partial charge in [0.2, 0.25) is 11.8 Å². The topological polar surface area (TPSA) is 93.0 Å². The molecule has 2 aromatic carbocycles. The first kappa shape index (κ1) is 19.4. The molecule has 4 rings (SSSR count). The number of nitrogens with one attached hydrogen (secondary N) is 1. The van der Waals surface area contributed by atoms with Crippen molar-refractivity contribution >= 4 is 40.7 Å². The lowest BCUT2D eigenvalue weighted by atomic mass is 10.1. The predicted octanol–water partition coefficient (Wildman–Crippen LogP) is 2.64. The Labute approximate surface area is 176 Å². The maximum Gasteiger partial charge on any atom is 0.227 e. The predicted molar refractivity (Wildman–Crippen MR) is 108 cm³/mol. The van der Waals surface area contributed by atoms with Crippen molar-refractivity contribution in [1.29, 1.82) is 0 Å². The third-order valence-corrected chi connectivity index (χ3v) is 5.16. The van der Waals surface area contributed by atoms with E-state index in [2.05, 4.69) is 20.8 Å². The highest BCUT2D eigenvalue weighted by Crippen LogP contribution is 2.26. The zero-order chi connectivity index (χ0) is 20.4. The molecular formula is C19H16Cl2N6O2. The van der Waals surface area contributed by atoms with Crippen molar-refractivity contribution in [3.63, 3.8) is 0 Å². The van der Waals surface area contributed by atoms with Crippen molar-refractivity contribution in [1.82, 2.24) is 25.5 Å². The molecule has 148 valence electrons. The molecule has 1 aliphatic rings. The fraction of sp³-hybridized carbons (Fsp3) is 0.211. The molecule has 1 saturated heterocycles. The largest absolute Gasteiger partial charge is 0.348 e. The van der Waals surface area contributed by atoms with Crippen LogP contribution in [0.4, 0.5) is 5.69 Å². The zero-order valence-corrected chi connectivity index (χ0v) is 16.6. The third kappa shape index (κ3) is 4.23. The first-order chi connectivity index (χ1) is 14.0. The van der Waals surface area contributed by atoms with Crippen LogP contribution in [0.15, 0.2) is 48.5 Å². The van der Waals surface area contributed by atoms with E-state index in [1.165, 1.54) is 4.68 Å². The fourth-order valence-electron chi connectivity index (χ4n) is 3.16. The summed E-state index contributed by atoms with van der Waals surface area (Å²) in [4.78, 5) is 26.5. The van der Waals surface area contributed by atoms with Crippen LogP contribution in [0.25, 0.3) is 5.69 Å². The van der Waals surface area contributed by atoms with Crippen molar-refractivity contribution in [3.05, 3.63) is 64.4 Å². The second-order valence-electron chi connectivity index (χ2n) is 6.58. The molecule has 2 amide bonds. The highest BCUT2D eigenvalue weighted by molar-refractivity contribution is 6.30. The van der Waals surface area contributed by atoms with Gasteiger partial charge >= 0.3 is 0 Å². The molecule has 0 aliphatic carbocycles. The standard InChI is InChI=1S/C19H16Cl2N6O2/c20-13-1-5-15(6-2-13)26-11-12(9-18(26)28)19(29)22-10-17-23-24-25-27(17)16-7-3-14(21)4-8-16/h1-8,12H,9-11H2,(H,22,29). The molecule has 1 aromatic heterocycles. The van der Waals surface area contributed by atoms with Crippen LogP contribution in [0.2, 0.25) is 10.0 Å². The Hall–Kier alpha value is -2.97. The maximum atomic E-state index is 12.6. The second kappa shape index (κ2) is 8.18. The highest BCUT2D eigenvalue weighted by atomic mass is 35.5. The van der Waals surface area contributed by atoms with E-state index in [9.17, 15) is 9.59 Å². The van der Waals surface area contributed by atoms with Gasteiger partial charge in [-0.1, -0.05) is 23.2 Å². The molecule has 0 bridgehead atoms. The van der Waals surface area contributed by atoms with Gasteiger partial charge in [-0.15, -0.1) is 5.10 Å². The van der Waals surface area contributed by atoms with Crippen molar-refractivity contribution in [2.45, 2.75) is 13.0 Å². The average Bonchev–Trinajstić information content (AvgIpc) is 3.34. The summed E-state index contributed by atoms with van der Waals surface area (Å²) in [6.45, 7) is 0.453. The molecule has 3 aromatic rings. The van der Waals surface area contributed by atoms with Gasteiger partial charge in [0, 0.05) is 28.7 Å². The number of carbonyl (C=O) groups excluding carboxylic acids is 2. The van der Waals surface area contributed by atoms with Gasteiger partial charge in [-0.2, -0.15) is 4.68 Å². The van der Waals surface area contributed by atoms with Gasteiger partial charge in [0.05, 0.1) is 18.2 Å². The van der Waals surface area contributed by atoms with Gasteiger partial charge in [-0.25, -0.2) is 0 Å². The zero-order valence-electron chi connectivity index (χ0n) is 15.1. The van der Waals surface area contributed by atoms with Crippen molar-refractivity contribution in [3.8, 4) is 5.69 Å². The van der Waals surface area contributed by atoms with E-state index in [-0.39, 0.29) is 24.8 Å². The summed E-state index contributed by atoms with van der Waals surface area (Å²) in [5.74, 6) is -0.295. The highest BCUT2D eigenvalue weighted by Gasteiger charge is 2.35. The van der Waals surface area contributed by atoms with Gasteiger partial charge in [0.15, 0.2) is 5.82 Å². The van der Waals surface area contributed by atoms with Gasteiger partial charge in [-0.3, -0.25) is 9.59 Å². The number of anilines is 1. The van der Waals surface area contributed by atoms with Crippen LogP contribution in [0.1, 0.15) is 12.2 Å². The molecule has 2 heterocycles. The Morgan fingerprint density at radius 1 is 1.03 bits per heavy atom. The van der Waals surface area contributed by atoms with Crippen molar-refractivity contribution < 1.29 is 9.59 Å². The summed E-state index contributed by atoms with van der Waals surface area (Å²) in [6, 6.07) is 14.0. The van der Waals surface area contributed by atoms with E-state index < -0.39 is 5.92 Å². The lowest BCUT2D eigenvalue weighted by molar-refractivity contribution is -0.126. The number of aromatic nitrogens is 4. The Morgan fingerprint density at radius 2 is 1.66 bits per heavy atom. The van der Waals surface area contributed by atoms with Gasteiger partial charge in [0.1, 0.15) is 0 Å². The third-order valence-electron chi connectivity index (χ3n) is 4.66. The van der Waals surface area contributed by atoms with Crippen molar-refractivity contribution in [2.75, 3.05) is 11.4 Å². The number of nitrogens with zero attached hydrogens (tertiary/aromatic N) is 5. The van der Waals surface area contributed by atoms with Crippen LogP contribution >= 0.6 is 23.2 Å². The molecule has 1 fully saturated rings. The summed E-state index contributed by atoms with van der Waals surface area (Å²) >= 11 is 11.8. The van der Waals surface area contributed by atoms with E-state index in [0.29, 0.717) is 22.4 Å². The average molecular weight is 431 g/mol. The van der Waals surface area contributed by atoms with E-state index in [1.54, 1.807) is 53.4 Å². The lowest BCUT2D eigenvalue weighted by Gasteiger charge is -2.16. The fourth-order valence-corrected chi connectivity index (χ4v) is 3.42. The number of hydrogen-bond acceptors (Lipinski definition) is 5. The minimum atomic E-state index is -0.446. The Kier molecular flexibility index (Phi) is 5.46. The minimum Gasteiger partial charge on any atom is -0.348 e. The monoisotopic (exact) mass is 430 g/mol. The Balaban J connectivity index is 1.40. The molecule has 0 spiro atoms. The Bertz CT molecular complexity index is 1040. The molecule has 8 nitrogen and oxygen atoms in total. The first-order valence-corrected chi connectivity index (χ1v) is 9.63. The van der Waals surface area contributed by atoms with Gasteiger partial charge in [0.25, 0.3) is 0 Å². The van der Waals surface area contributed by atoms with E-state index in [1.807, 2.05) is 0 Å². The summed E-state index contributed by atoms with van der Waals surface area (Å²) in [5.41, 5.74) is 1.45. The number of benzene rings is 2. The van der Waals surface area contributed by atoms with E-state index in [0.717, 1.165) is 11.4 Å². The van der Waals surface area contributed by atoms with E-state index >= 15 is 0 Å². The molecule has 1 atom stereocenters. The smallest absolute Gasteiger partial charge is 0.227 e. The minimum absolute atomic E-state index is 0.0986. The maximum absolute atomic E-state index is 12.6. The van der Waals surface area contributed by atoms with Crippen LogP contribution in [-0.4, -0.2) is 38.6 Å².